The first-order valence-corrected chi connectivity index (χ1v) is 8.91. The van der Waals surface area contributed by atoms with E-state index in [2.05, 4.69) is 44.5 Å². The largest absolute Gasteiger partial charge is 0.373 e. The first-order chi connectivity index (χ1) is 12.4. The van der Waals surface area contributed by atoms with Crippen LogP contribution in [0.15, 0.2) is 48.9 Å². The number of fused-ring (bicyclic) bond motifs is 2. The van der Waals surface area contributed by atoms with E-state index in [-0.39, 0.29) is 6.10 Å². The molecule has 2 aromatic heterocycles. The molecule has 128 valence electrons. The molecule has 1 aromatic carbocycles. The van der Waals surface area contributed by atoms with Crippen LogP contribution in [0.1, 0.15) is 36.5 Å². The Balaban J connectivity index is 1.29. The van der Waals surface area contributed by atoms with Gasteiger partial charge >= 0.3 is 0 Å². The van der Waals surface area contributed by atoms with Crippen molar-refractivity contribution >= 4 is 16.9 Å². The lowest BCUT2D eigenvalue weighted by Gasteiger charge is -2.25. The third-order valence-corrected chi connectivity index (χ3v) is 4.66. The maximum atomic E-state index is 6.15. The summed E-state index contributed by atoms with van der Waals surface area (Å²) in [6, 6.07) is 12.5. The quantitative estimate of drug-likeness (QED) is 0.692. The zero-order chi connectivity index (χ0) is 16.9. The number of aromatic nitrogens is 3. The van der Waals surface area contributed by atoms with Gasteiger partial charge in [-0.15, -0.1) is 0 Å². The number of anilines is 1. The number of nitrogens with one attached hydrogen (secondary N) is 1. The second kappa shape index (κ2) is 7.57. The highest BCUT2D eigenvalue weighted by Crippen LogP contribution is 2.32. The van der Waals surface area contributed by atoms with Crippen molar-refractivity contribution in [1.29, 1.82) is 0 Å². The van der Waals surface area contributed by atoms with Gasteiger partial charge in [0.15, 0.2) is 5.65 Å². The summed E-state index contributed by atoms with van der Waals surface area (Å²) in [6.07, 6.45) is 7.97. The number of pyridine rings is 1. The zero-order valence-electron chi connectivity index (χ0n) is 14.2. The monoisotopic (exact) mass is 334 g/mol. The lowest BCUT2D eigenvalue weighted by atomic mass is 9.89. The van der Waals surface area contributed by atoms with Gasteiger partial charge in [0.1, 0.15) is 12.1 Å². The van der Waals surface area contributed by atoms with Crippen LogP contribution in [0, 0.1) is 0 Å². The molecule has 0 fully saturated rings. The Morgan fingerprint density at radius 2 is 2.04 bits per heavy atom. The summed E-state index contributed by atoms with van der Waals surface area (Å²) < 4.78 is 6.15. The van der Waals surface area contributed by atoms with Crippen molar-refractivity contribution in [2.24, 2.45) is 0 Å². The highest BCUT2D eigenvalue weighted by atomic mass is 16.5. The molecule has 0 bridgehead atoms. The molecule has 5 heteroatoms. The van der Waals surface area contributed by atoms with Gasteiger partial charge < -0.3 is 10.1 Å². The molecule has 25 heavy (non-hydrogen) atoms. The van der Waals surface area contributed by atoms with E-state index in [1.54, 1.807) is 12.5 Å². The van der Waals surface area contributed by atoms with Crippen LogP contribution in [0.3, 0.4) is 0 Å². The van der Waals surface area contributed by atoms with Gasteiger partial charge in [-0.1, -0.05) is 24.3 Å². The van der Waals surface area contributed by atoms with E-state index in [0.29, 0.717) is 0 Å². The van der Waals surface area contributed by atoms with Gasteiger partial charge in [-0.25, -0.2) is 15.0 Å². The Labute approximate surface area is 147 Å². The third-order valence-electron chi connectivity index (χ3n) is 4.66. The van der Waals surface area contributed by atoms with Gasteiger partial charge in [0.05, 0.1) is 11.5 Å². The number of nitrogens with zero attached hydrogens (tertiary/aromatic N) is 3. The van der Waals surface area contributed by atoms with Crippen LogP contribution >= 0.6 is 0 Å². The lowest BCUT2D eigenvalue weighted by Crippen LogP contribution is -2.15. The van der Waals surface area contributed by atoms with Crippen LogP contribution < -0.4 is 5.32 Å². The fraction of sp³-hybridized carbons (Fsp3) is 0.350. The smallest absolute Gasteiger partial charge is 0.164 e. The topological polar surface area (TPSA) is 59.9 Å². The summed E-state index contributed by atoms with van der Waals surface area (Å²) in [6.45, 7) is 1.56. The van der Waals surface area contributed by atoms with E-state index >= 15 is 0 Å². The normalized spacial score (nSPS) is 16.6. The first kappa shape index (κ1) is 16.0. The second-order valence-electron chi connectivity index (χ2n) is 6.33. The average molecular weight is 334 g/mol. The Morgan fingerprint density at radius 1 is 1.08 bits per heavy atom. The molecule has 0 aliphatic heterocycles. The molecule has 1 N–H and O–H groups in total. The van der Waals surface area contributed by atoms with Crippen LogP contribution in [-0.4, -0.2) is 28.1 Å². The number of hydrogen-bond donors (Lipinski definition) is 1. The van der Waals surface area contributed by atoms with E-state index < -0.39 is 0 Å². The molecule has 1 atom stereocenters. The second-order valence-corrected chi connectivity index (χ2v) is 6.33. The molecular weight excluding hydrogens is 312 g/mol. The third kappa shape index (κ3) is 3.61. The lowest BCUT2D eigenvalue weighted by molar-refractivity contribution is 0.0406. The number of aryl methyl sites for hydroxylation is 1. The van der Waals surface area contributed by atoms with E-state index in [9.17, 15) is 0 Å². The Morgan fingerprint density at radius 3 is 3.04 bits per heavy atom. The Hall–Kier alpha value is -2.53. The van der Waals surface area contributed by atoms with Crippen molar-refractivity contribution in [2.75, 3.05) is 18.5 Å². The molecule has 3 aromatic rings. The van der Waals surface area contributed by atoms with Gasteiger partial charge in [0.25, 0.3) is 0 Å². The van der Waals surface area contributed by atoms with E-state index in [4.69, 9.17) is 4.74 Å². The molecule has 0 amide bonds. The van der Waals surface area contributed by atoms with Gasteiger partial charge in [0.2, 0.25) is 0 Å². The van der Waals surface area contributed by atoms with E-state index in [1.165, 1.54) is 24.0 Å². The minimum absolute atomic E-state index is 0.244. The molecule has 1 aliphatic carbocycles. The maximum Gasteiger partial charge on any atom is 0.164 e. The first-order valence-electron chi connectivity index (χ1n) is 8.91. The summed E-state index contributed by atoms with van der Waals surface area (Å²) in [5.74, 6) is 0.834. The van der Waals surface area contributed by atoms with Gasteiger partial charge in [-0.2, -0.15) is 0 Å². The fourth-order valence-corrected chi connectivity index (χ4v) is 3.42. The Bertz CT molecular complexity index is 846. The zero-order valence-corrected chi connectivity index (χ0v) is 14.2. The summed E-state index contributed by atoms with van der Waals surface area (Å²) in [5, 5.41) is 4.32. The van der Waals surface area contributed by atoms with Crippen LogP contribution in [0.25, 0.3) is 11.0 Å². The fourth-order valence-electron chi connectivity index (χ4n) is 3.42. The van der Waals surface area contributed by atoms with Crippen LogP contribution in [0.2, 0.25) is 0 Å². The summed E-state index contributed by atoms with van der Waals surface area (Å²) in [7, 11) is 0. The molecule has 0 spiro atoms. The number of benzene rings is 1. The van der Waals surface area contributed by atoms with Crippen molar-refractivity contribution in [2.45, 2.75) is 31.8 Å². The van der Waals surface area contributed by atoms with E-state index in [1.807, 2.05) is 12.1 Å². The minimum Gasteiger partial charge on any atom is -0.373 e. The van der Waals surface area contributed by atoms with Crippen LogP contribution in [-0.2, 0) is 11.2 Å². The number of rotatable bonds is 6. The van der Waals surface area contributed by atoms with Crippen molar-refractivity contribution in [3.63, 3.8) is 0 Å². The SMILES string of the molecule is c1ccc2c(c1)CCC[C@@H]2OCCCNc1ncnc2ncccc12. The van der Waals surface area contributed by atoms with Crippen molar-refractivity contribution < 1.29 is 4.74 Å². The van der Waals surface area contributed by atoms with Crippen molar-refractivity contribution in [1.82, 2.24) is 15.0 Å². The molecule has 0 saturated carbocycles. The molecule has 0 unspecified atom stereocenters. The number of ether oxygens (including phenoxy) is 1. The molecule has 5 nitrogen and oxygen atoms in total. The molecular formula is C20H22N4O. The summed E-state index contributed by atoms with van der Waals surface area (Å²) >= 11 is 0. The predicted octanol–water partition coefficient (Wildman–Crippen LogP) is 3.92. The van der Waals surface area contributed by atoms with Gasteiger partial charge in [-0.05, 0) is 48.9 Å². The van der Waals surface area contributed by atoms with E-state index in [0.717, 1.165) is 42.8 Å². The van der Waals surface area contributed by atoms with Gasteiger partial charge in [-0.3, -0.25) is 0 Å². The average Bonchev–Trinajstić information content (AvgIpc) is 2.68. The highest BCUT2D eigenvalue weighted by Gasteiger charge is 2.19. The maximum absolute atomic E-state index is 6.15. The van der Waals surface area contributed by atoms with Crippen molar-refractivity contribution in [3.8, 4) is 0 Å². The Kier molecular flexibility index (Phi) is 4.84. The number of hydrogen-bond acceptors (Lipinski definition) is 5. The minimum atomic E-state index is 0.244. The molecule has 0 radical (unpaired) electrons. The molecule has 1 aliphatic rings. The molecule has 0 saturated heterocycles. The highest BCUT2D eigenvalue weighted by molar-refractivity contribution is 5.85. The molecule has 2 heterocycles. The van der Waals surface area contributed by atoms with Crippen LogP contribution in [0.4, 0.5) is 5.82 Å². The van der Waals surface area contributed by atoms with Gasteiger partial charge in [0, 0.05) is 19.3 Å². The van der Waals surface area contributed by atoms with Crippen LogP contribution in [0.5, 0.6) is 0 Å². The molecule has 4 rings (SSSR count). The predicted molar refractivity (Wildman–Crippen MR) is 98.5 cm³/mol. The van der Waals surface area contributed by atoms with Crippen molar-refractivity contribution in [3.05, 3.63) is 60.0 Å². The summed E-state index contributed by atoms with van der Waals surface area (Å²) in [4.78, 5) is 12.8. The standard InChI is InChI=1S/C20H22N4O/c1-2-8-16-15(6-1)7-3-10-18(16)25-13-5-12-22-20-17-9-4-11-21-19(17)23-14-24-20/h1-2,4,6,8-9,11,14,18H,3,5,7,10,12-13H2,(H,21,22,23,24)/t18-/m0/s1. The summed E-state index contributed by atoms with van der Waals surface area (Å²) in [5.41, 5.74) is 3.53.